The number of carbonyl (C=O) groups is 4. The molecule has 2 amide bonds. The number of rotatable bonds is 40. The maximum absolute atomic E-state index is 13.1. The van der Waals surface area contributed by atoms with Crippen molar-refractivity contribution < 1.29 is 33.4 Å². The summed E-state index contributed by atoms with van der Waals surface area (Å²) >= 11 is 0. The molecule has 0 rings (SSSR count). The molecule has 10 nitrogen and oxygen atoms in total. The molecule has 0 atom stereocenters. The number of hydrogen-bond acceptors (Lipinski definition) is 8. The average molecular weight is 886 g/mol. The number of nitrogens with one attached hydrogen (secondary N) is 1. The molecule has 0 aromatic heterocycles. The van der Waals surface area contributed by atoms with E-state index >= 15 is 0 Å². The Balaban J connectivity index is 4.64. The lowest BCUT2D eigenvalue weighted by Crippen LogP contribution is -2.36. The van der Waals surface area contributed by atoms with Gasteiger partial charge < -0.3 is 29.3 Å². The van der Waals surface area contributed by atoms with Crippen LogP contribution in [0.2, 0.25) is 0 Å². The predicted octanol–water partition coefficient (Wildman–Crippen LogP) is 11.0. The Morgan fingerprint density at radius 2 is 0.828 bits per heavy atom. The average Bonchev–Trinajstić information content (AvgIpc) is 3.28. The third kappa shape index (κ3) is 45.0. The molecule has 0 fully saturated rings. The van der Waals surface area contributed by atoms with E-state index in [9.17, 15) is 19.2 Å². The standard InChI is InChI=1S/C54H83N3O7/c1-5-7-9-11-13-15-17-19-21-23-25-27-29-31-33-35-37-39-53(60)63-49-45-57(52(59)42-41-51(58)55-43-47-62-48-44-56(3)4)46-50-64-54(61)40-38-36-34-32-30-28-26-24-22-20-18-16-14-12-10-8-6-2/h7-10,13-16,19-22,25-28,31-34,41-42H,5-6,11-12,17-18,23-24,29-30,35-40,43-50H2,1-4H3,(H,55,58)/b9-7-,10-8-,15-13-,16-14-,21-19-,22-20-,27-25-,28-26-,33-31-,34-32-,42-41?. The summed E-state index contributed by atoms with van der Waals surface area (Å²) in [6.45, 7) is 6.41. The van der Waals surface area contributed by atoms with E-state index in [-0.39, 0.29) is 51.1 Å². The van der Waals surface area contributed by atoms with E-state index in [4.69, 9.17) is 14.2 Å². The summed E-state index contributed by atoms with van der Waals surface area (Å²) in [5.74, 6) is -1.58. The van der Waals surface area contributed by atoms with Gasteiger partial charge in [0.1, 0.15) is 13.2 Å². The van der Waals surface area contributed by atoms with E-state index in [0.29, 0.717) is 32.6 Å². The molecule has 0 aromatic carbocycles. The minimum absolute atomic E-state index is 0.0161. The summed E-state index contributed by atoms with van der Waals surface area (Å²) in [6.07, 6.45) is 58.2. The second-order valence-electron chi connectivity index (χ2n) is 15.0. The van der Waals surface area contributed by atoms with Gasteiger partial charge in [-0.1, -0.05) is 135 Å². The molecule has 0 bridgehead atoms. The minimum atomic E-state index is -0.457. The van der Waals surface area contributed by atoms with E-state index in [1.54, 1.807) is 0 Å². The smallest absolute Gasteiger partial charge is 0.305 e. The normalized spacial score (nSPS) is 12.7. The van der Waals surface area contributed by atoms with Crippen LogP contribution in [0.25, 0.3) is 0 Å². The summed E-state index contributed by atoms with van der Waals surface area (Å²) in [5.41, 5.74) is 0. The third-order valence-corrected chi connectivity index (χ3v) is 8.98. The molecular formula is C54H83N3O7. The van der Waals surface area contributed by atoms with Gasteiger partial charge in [-0.15, -0.1) is 0 Å². The highest BCUT2D eigenvalue weighted by atomic mass is 16.5. The van der Waals surface area contributed by atoms with Crippen molar-refractivity contribution in [1.82, 2.24) is 15.1 Å². The Kier molecular flexibility index (Phi) is 43.7. The van der Waals surface area contributed by atoms with Crippen LogP contribution in [-0.4, -0.2) is 100 Å². The molecular weight excluding hydrogens is 803 g/mol. The number of hydrogen-bond donors (Lipinski definition) is 1. The monoisotopic (exact) mass is 886 g/mol. The van der Waals surface area contributed by atoms with Crippen LogP contribution in [-0.2, 0) is 33.4 Å². The van der Waals surface area contributed by atoms with Crippen molar-refractivity contribution in [2.75, 3.05) is 66.7 Å². The first-order chi connectivity index (χ1) is 31.3. The van der Waals surface area contributed by atoms with Crippen LogP contribution >= 0.6 is 0 Å². The van der Waals surface area contributed by atoms with Gasteiger partial charge in [-0.3, -0.25) is 19.2 Å². The van der Waals surface area contributed by atoms with Crippen LogP contribution in [0.3, 0.4) is 0 Å². The summed E-state index contributed by atoms with van der Waals surface area (Å²) in [4.78, 5) is 53.7. The van der Waals surface area contributed by atoms with Gasteiger partial charge >= 0.3 is 11.9 Å². The molecule has 0 aliphatic carbocycles. The summed E-state index contributed by atoms with van der Waals surface area (Å²) in [5, 5.41) is 2.69. The van der Waals surface area contributed by atoms with Crippen LogP contribution in [0, 0.1) is 0 Å². The highest BCUT2D eigenvalue weighted by Gasteiger charge is 2.14. The third-order valence-electron chi connectivity index (χ3n) is 8.98. The maximum Gasteiger partial charge on any atom is 0.305 e. The van der Waals surface area contributed by atoms with E-state index in [1.807, 2.05) is 19.0 Å². The van der Waals surface area contributed by atoms with Crippen molar-refractivity contribution in [1.29, 1.82) is 0 Å². The Hall–Kier alpha value is -5.06. The van der Waals surface area contributed by atoms with Gasteiger partial charge in [0.05, 0.1) is 26.3 Å². The first-order valence-corrected chi connectivity index (χ1v) is 23.6. The van der Waals surface area contributed by atoms with Crippen LogP contribution in [0.15, 0.2) is 134 Å². The van der Waals surface area contributed by atoms with Crippen LogP contribution in [0.4, 0.5) is 0 Å². The molecule has 0 saturated carbocycles. The number of nitrogens with zero attached hydrogens (tertiary/aromatic N) is 2. The zero-order chi connectivity index (χ0) is 46.8. The Morgan fingerprint density at radius 1 is 0.453 bits per heavy atom. The fourth-order valence-electron chi connectivity index (χ4n) is 5.39. The predicted molar refractivity (Wildman–Crippen MR) is 267 cm³/mol. The van der Waals surface area contributed by atoms with Gasteiger partial charge in [-0.05, 0) is 104 Å². The van der Waals surface area contributed by atoms with Crippen LogP contribution in [0.1, 0.15) is 117 Å². The summed E-state index contributed by atoms with van der Waals surface area (Å²) in [6, 6.07) is 0. The van der Waals surface area contributed by atoms with Gasteiger partial charge in [0.2, 0.25) is 11.8 Å². The molecule has 0 aromatic rings. The number of carbonyl (C=O) groups excluding carboxylic acids is 4. The Morgan fingerprint density at radius 3 is 1.20 bits per heavy atom. The molecule has 0 heterocycles. The lowest BCUT2D eigenvalue weighted by atomic mass is 10.2. The topological polar surface area (TPSA) is 114 Å². The van der Waals surface area contributed by atoms with Crippen molar-refractivity contribution >= 4 is 23.8 Å². The van der Waals surface area contributed by atoms with E-state index < -0.39 is 11.8 Å². The molecule has 0 aliphatic heterocycles. The number of ether oxygens (including phenoxy) is 3. The highest BCUT2D eigenvalue weighted by molar-refractivity contribution is 5.96. The molecule has 0 saturated heterocycles. The number of unbranched alkanes of at least 4 members (excludes halogenated alkanes) is 2. The van der Waals surface area contributed by atoms with Gasteiger partial charge in [0.15, 0.2) is 0 Å². The second kappa shape index (κ2) is 47.4. The lowest BCUT2D eigenvalue weighted by molar-refractivity contribution is -0.146. The van der Waals surface area contributed by atoms with Crippen LogP contribution in [0.5, 0.6) is 0 Å². The Labute approximate surface area is 388 Å². The SMILES string of the molecule is CC/C=C\C/C=C\C/C=C\C/C=C\C/C=C\CCCC(=O)OCCN(CCOC(=O)CCC/C=C\C/C=C\C/C=C\C/C=C\C/C=C\CC)C(=O)C=CC(=O)NCCOCCN(C)C. The Bertz CT molecular complexity index is 1440. The maximum atomic E-state index is 13.1. The summed E-state index contributed by atoms with van der Waals surface area (Å²) < 4.78 is 16.3. The minimum Gasteiger partial charge on any atom is -0.464 e. The van der Waals surface area contributed by atoms with Gasteiger partial charge in [0.25, 0.3) is 0 Å². The van der Waals surface area contributed by atoms with Crippen LogP contribution < -0.4 is 5.32 Å². The number of allylic oxidation sites excluding steroid dienone is 20. The fourth-order valence-corrected chi connectivity index (χ4v) is 5.39. The quantitative estimate of drug-likeness (QED) is 0.0280. The van der Waals surface area contributed by atoms with Crippen molar-refractivity contribution in [3.05, 3.63) is 134 Å². The zero-order valence-electron chi connectivity index (χ0n) is 39.9. The molecule has 64 heavy (non-hydrogen) atoms. The van der Waals surface area contributed by atoms with Gasteiger partial charge in [0, 0.05) is 38.1 Å². The van der Waals surface area contributed by atoms with Gasteiger partial charge in [-0.2, -0.15) is 0 Å². The fraction of sp³-hybridized carbons (Fsp3) is 0.519. The summed E-state index contributed by atoms with van der Waals surface area (Å²) in [7, 11) is 3.91. The van der Waals surface area contributed by atoms with E-state index in [2.05, 4.69) is 141 Å². The first-order valence-electron chi connectivity index (χ1n) is 23.6. The number of esters is 2. The highest BCUT2D eigenvalue weighted by Crippen LogP contribution is 2.04. The van der Waals surface area contributed by atoms with E-state index in [1.165, 1.54) is 11.0 Å². The molecule has 10 heteroatoms. The van der Waals surface area contributed by atoms with E-state index in [0.717, 1.165) is 89.7 Å². The number of likely N-dealkylation sites (N-methyl/N-ethyl adjacent to an activating group) is 1. The van der Waals surface area contributed by atoms with Crippen molar-refractivity contribution in [3.8, 4) is 0 Å². The van der Waals surface area contributed by atoms with Gasteiger partial charge in [-0.25, -0.2) is 0 Å². The number of amides is 2. The zero-order valence-corrected chi connectivity index (χ0v) is 39.9. The molecule has 0 spiro atoms. The molecule has 1 N–H and O–H groups in total. The van der Waals surface area contributed by atoms with Crippen molar-refractivity contribution in [2.45, 2.75) is 117 Å². The second-order valence-corrected chi connectivity index (χ2v) is 15.0. The molecule has 0 aliphatic rings. The largest absolute Gasteiger partial charge is 0.464 e. The molecule has 356 valence electrons. The van der Waals surface area contributed by atoms with Crippen molar-refractivity contribution in [2.24, 2.45) is 0 Å². The van der Waals surface area contributed by atoms with Crippen molar-refractivity contribution in [3.63, 3.8) is 0 Å². The first kappa shape index (κ1) is 58.9. The molecule has 0 radical (unpaired) electrons. The lowest BCUT2D eigenvalue weighted by Gasteiger charge is -2.21. The molecule has 0 unspecified atom stereocenters.